The molecular formula is C8H14ClNOS2. The fourth-order valence-corrected chi connectivity index (χ4v) is 3.41. The van der Waals surface area contributed by atoms with Gasteiger partial charge in [-0.05, 0) is 25.3 Å². The van der Waals surface area contributed by atoms with Gasteiger partial charge in [0.2, 0.25) is 5.71 Å². The third-order valence-electron chi connectivity index (χ3n) is 1.63. The van der Waals surface area contributed by atoms with E-state index in [1.165, 1.54) is 4.24 Å². The van der Waals surface area contributed by atoms with Crippen LogP contribution < -0.4 is 17.6 Å². The van der Waals surface area contributed by atoms with Gasteiger partial charge in [-0.1, -0.05) is 0 Å². The maximum absolute atomic E-state index is 8.79. The van der Waals surface area contributed by atoms with E-state index in [-0.39, 0.29) is 17.2 Å². The van der Waals surface area contributed by atoms with Crippen molar-refractivity contribution < 1.29 is 22.8 Å². The molecule has 0 amide bonds. The largest absolute Gasteiger partial charge is 1.00 e. The minimum Gasteiger partial charge on any atom is -1.00 e. The van der Waals surface area contributed by atoms with Crippen molar-refractivity contribution in [2.75, 3.05) is 6.26 Å². The SMILES string of the molecule is CSC1=C/C(=[NH+]\O)CC(C)(C)S1.[Cl-]. The molecule has 1 aliphatic rings. The molecular weight excluding hydrogens is 226 g/mol. The highest BCUT2D eigenvalue weighted by Crippen LogP contribution is 2.42. The van der Waals surface area contributed by atoms with E-state index in [0.29, 0.717) is 0 Å². The summed E-state index contributed by atoms with van der Waals surface area (Å²) in [4.78, 5) is 0. The van der Waals surface area contributed by atoms with E-state index < -0.39 is 0 Å². The fourth-order valence-electron chi connectivity index (χ4n) is 1.16. The van der Waals surface area contributed by atoms with Crippen molar-refractivity contribution >= 4 is 29.2 Å². The number of allylic oxidation sites excluding steroid dienone is 1. The summed E-state index contributed by atoms with van der Waals surface area (Å²) in [6.07, 6.45) is 4.94. The molecule has 0 aromatic rings. The van der Waals surface area contributed by atoms with Crippen LogP contribution in [0.3, 0.4) is 0 Å². The molecule has 0 unspecified atom stereocenters. The highest BCUT2D eigenvalue weighted by Gasteiger charge is 2.30. The van der Waals surface area contributed by atoms with Crippen LogP contribution in [0.15, 0.2) is 10.3 Å². The third kappa shape index (κ3) is 3.83. The predicted octanol–water partition coefficient (Wildman–Crippen LogP) is -1.98. The molecule has 1 heterocycles. The lowest BCUT2D eigenvalue weighted by molar-refractivity contribution is -0.737. The van der Waals surface area contributed by atoms with E-state index in [4.69, 9.17) is 5.21 Å². The molecule has 2 nitrogen and oxygen atoms in total. The Balaban J connectivity index is 0.00000144. The average Bonchev–Trinajstić information content (AvgIpc) is 2.01. The molecule has 2 N–H and O–H groups in total. The van der Waals surface area contributed by atoms with Gasteiger partial charge in [0.15, 0.2) is 0 Å². The topological polar surface area (TPSA) is 34.2 Å². The zero-order valence-electron chi connectivity index (χ0n) is 7.93. The Morgan fingerprint density at radius 3 is 2.69 bits per heavy atom. The zero-order chi connectivity index (χ0) is 9.19. The number of nitrogens with one attached hydrogen (secondary N) is 1. The van der Waals surface area contributed by atoms with Crippen molar-refractivity contribution in [3.05, 3.63) is 10.3 Å². The van der Waals surface area contributed by atoms with Crippen LogP contribution in [0.2, 0.25) is 0 Å². The summed E-state index contributed by atoms with van der Waals surface area (Å²) >= 11 is 3.58. The smallest absolute Gasteiger partial charge is 0.227 e. The fraction of sp³-hybridized carbons (Fsp3) is 0.625. The Hall–Kier alpha value is 0.200. The molecule has 0 aromatic heterocycles. The highest BCUT2D eigenvalue weighted by molar-refractivity contribution is 8.22. The Morgan fingerprint density at radius 2 is 2.23 bits per heavy atom. The van der Waals surface area contributed by atoms with Crippen molar-refractivity contribution in [3.63, 3.8) is 0 Å². The first kappa shape index (κ1) is 13.2. The maximum Gasteiger partial charge on any atom is 0.227 e. The first-order valence-corrected chi connectivity index (χ1v) is 5.82. The van der Waals surface area contributed by atoms with Gasteiger partial charge in [-0.2, -0.15) is 0 Å². The van der Waals surface area contributed by atoms with Crippen LogP contribution in [0, 0.1) is 0 Å². The number of thioether (sulfide) groups is 2. The van der Waals surface area contributed by atoms with Crippen LogP contribution in [0.4, 0.5) is 0 Å². The number of hydrogen-bond acceptors (Lipinski definition) is 3. The molecule has 1 rings (SSSR count). The molecule has 1 aliphatic heterocycles. The summed E-state index contributed by atoms with van der Waals surface area (Å²) in [5.74, 6) is 0. The number of halogens is 1. The molecule has 76 valence electrons. The van der Waals surface area contributed by atoms with E-state index >= 15 is 0 Å². The molecule has 0 saturated heterocycles. The van der Waals surface area contributed by atoms with Crippen molar-refractivity contribution in [1.82, 2.24) is 0 Å². The Kier molecular flexibility index (Phi) is 5.25. The summed E-state index contributed by atoms with van der Waals surface area (Å²) in [6.45, 7) is 4.36. The summed E-state index contributed by atoms with van der Waals surface area (Å²) in [7, 11) is 0. The zero-order valence-corrected chi connectivity index (χ0v) is 10.3. The molecule has 0 saturated carbocycles. The first-order valence-electron chi connectivity index (χ1n) is 3.78. The Bertz CT molecular complexity index is 238. The minimum atomic E-state index is 0. The van der Waals surface area contributed by atoms with Crippen LogP contribution in [0.25, 0.3) is 0 Å². The standard InChI is InChI=1S/C8H13NOS2.ClH/c1-8(2)5-6(9-10)4-7(11-3)12-8;/h4,10H,5H2,1-3H3;1H/b9-6+;. The van der Waals surface area contributed by atoms with E-state index in [1.807, 2.05) is 17.8 Å². The lowest BCUT2D eigenvalue weighted by Crippen LogP contribution is -3.00. The molecule has 0 bridgehead atoms. The van der Waals surface area contributed by atoms with Gasteiger partial charge in [-0.25, -0.2) is 0 Å². The molecule has 0 aliphatic carbocycles. The van der Waals surface area contributed by atoms with Gasteiger partial charge in [0.05, 0.1) is 6.42 Å². The maximum atomic E-state index is 8.79. The number of hydrogen-bond donors (Lipinski definition) is 2. The van der Waals surface area contributed by atoms with Gasteiger partial charge in [0.1, 0.15) is 0 Å². The van der Waals surface area contributed by atoms with Crippen LogP contribution >= 0.6 is 23.5 Å². The monoisotopic (exact) mass is 239 g/mol. The van der Waals surface area contributed by atoms with Gasteiger partial charge in [0.25, 0.3) is 0 Å². The molecule has 0 fully saturated rings. The van der Waals surface area contributed by atoms with Crippen LogP contribution in [-0.4, -0.2) is 21.9 Å². The lowest BCUT2D eigenvalue weighted by Gasteiger charge is -2.26. The van der Waals surface area contributed by atoms with Crippen molar-refractivity contribution in [3.8, 4) is 0 Å². The second kappa shape index (κ2) is 5.17. The van der Waals surface area contributed by atoms with Crippen LogP contribution in [0.1, 0.15) is 20.3 Å². The van der Waals surface area contributed by atoms with E-state index in [1.54, 1.807) is 11.8 Å². The van der Waals surface area contributed by atoms with E-state index in [2.05, 4.69) is 25.3 Å². The molecule has 0 radical (unpaired) electrons. The lowest BCUT2D eigenvalue weighted by atomic mass is 10.1. The van der Waals surface area contributed by atoms with Gasteiger partial charge in [-0.3, -0.25) is 5.21 Å². The highest BCUT2D eigenvalue weighted by atomic mass is 35.5. The molecule has 13 heavy (non-hydrogen) atoms. The molecule has 0 aromatic carbocycles. The summed E-state index contributed by atoms with van der Waals surface area (Å²) < 4.78 is 1.45. The second-order valence-electron chi connectivity index (χ2n) is 3.34. The predicted molar refractivity (Wildman–Crippen MR) is 55.6 cm³/mol. The molecule has 5 heteroatoms. The quantitative estimate of drug-likeness (QED) is 0.411. The Morgan fingerprint density at radius 1 is 1.62 bits per heavy atom. The van der Waals surface area contributed by atoms with E-state index in [9.17, 15) is 0 Å². The van der Waals surface area contributed by atoms with Crippen molar-refractivity contribution in [2.24, 2.45) is 0 Å². The van der Waals surface area contributed by atoms with Gasteiger partial charge in [-0.15, -0.1) is 23.5 Å². The van der Waals surface area contributed by atoms with Gasteiger partial charge < -0.3 is 12.4 Å². The minimum absolute atomic E-state index is 0. The summed E-state index contributed by atoms with van der Waals surface area (Å²) in [6, 6.07) is 0. The molecule has 0 spiro atoms. The number of rotatable bonds is 1. The van der Waals surface area contributed by atoms with Gasteiger partial charge in [0, 0.05) is 15.1 Å². The average molecular weight is 240 g/mol. The normalized spacial score (nSPS) is 23.6. The third-order valence-corrected chi connectivity index (χ3v) is 3.92. The van der Waals surface area contributed by atoms with E-state index in [0.717, 1.165) is 12.1 Å². The second-order valence-corrected chi connectivity index (χ2v) is 6.20. The van der Waals surface area contributed by atoms with Crippen molar-refractivity contribution in [1.29, 1.82) is 0 Å². The van der Waals surface area contributed by atoms with Crippen LogP contribution in [0.5, 0.6) is 0 Å². The Labute approximate surface area is 93.6 Å². The first-order chi connectivity index (χ1) is 5.57. The van der Waals surface area contributed by atoms with Crippen LogP contribution in [-0.2, 0) is 0 Å². The summed E-state index contributed by atoms with van der Waals surface area (Å²) in [5.41, 5.74) is 0.906. The van der Waals surface area contributed by atoms with Crippen molar-refractivity contribution in [2.45, 2.75) is 25.0 Å². The molecule has 0 atom stereocenters. The van der Waals surface area contributed by atoms with Gasteiger partial charge >= 0.3 is 0 Å². The summed E-state index contributed by atoms with van der Waals surface area (Å²) in [5, 5.41) is 11.0.